The van der Waals surface area contributed by atoms with Gasteiger partial charge in [-0.25, -0.2) is 4.98 Å². The van der Waals surface area contributed by atoms with Crippen LogP contribution in [0.1, 0.15) is 5.69 Å². The van der Waals surface area contributed by atoms with Crippen LogP contribution in [0.5, 0.6) is 0 Å². The van der Waals surface area contributed by atoms with Crippen LogP contribution < -0.4 is 5.73 Å². The summed E-state index contributed by atoms with van der Waals surface area (Å²) in [4.78, 5) is 7.30. The maximum atomic E-state index is 5.57. The highest BCUT2D eigenvalue weighted by atomic mass is 14.9. The number of rotatable bonds is 2. The van der Waals surface area contributed by atoms with E-state index in [4.69, 9.17) is 5.73 Å². The van der Waals surface area contributed by atoms with Gasteiger partial charge in [-0.3, -0.25) is 0 Å². The molecule has 16 heavy (non-hydrogen) atoms. The molecule has 4 nitrogen and oxygen atoms in total. The molecule has 0 unspecified atom stereocenters. The van der Waals surface area contributed by atoms with Crippen LogP contribution in [0.15, 0.2) is 43.1 Å². The van der Waals surface area contributed by atoms with E-state index < -0.39 is 0 Å². The molecule has 0 aliphatic rings. The van der Waals surface area contributed by atoms with Gasteiger partial charge in [0.05, 0.1) is 12.0 Å². The Kier molecular flexibility index (Phi) is 2.01. The second-order valence-corrected chi connectivity index (χ2v) is 3.74. The number of nitrogens with one attached hydrogen (secondary N) is 1. The smallest absolute Gasteiger partial charge is 0.0994 e. The molecule has 0 saturated heterocycles. The number of aromatic nitrogens is 3. The maximum Gasteiger partial charge on any atom is 0.0994 e. The molecule has 3 aromatic heterocycles. The van der Waals surface area contributed by atoms with E-state index in [2.05, 4.69) is 22.2 Å². The fraction of sp³-hybridized carbons (Fsp3) is 0.0833. The predicted molar refractivity (Wildman–Crippen MR) is 62.9 cm³/mol. The molecule has 3 aromatic rings. The zero-order valence-corrected chi connectivity index (χ0v) is 8.72. The lowest BCUT2D eigenvalue weighted by Gasteiger charge is -1.96. The molecule has 0 aliphatic heterocycles. The van der Waals surface area contributed by atoms with E-state index in [1.165, 1.54) is 11.1 Å². The van der Waals surface area contributed by atoms with Crippen LogP contribution in [0.3, 0.4) is 0 Å². The summed E-state index contributed by atoms with van der Waals surface area (Å²) in [6.45, 7) is 0.473. The fourth-order valence-corrected chi connectivity index (χ4v) is 1.83. The number of hydrogen-bond donors (Lipinski definition) is 2. The normalized spacial score (nSPS) is 11.1. The zero-order valence-electron chi connectivity index (χ0n) is 8.72. The van der Waals surface area contributed by atoms with Crippen LogP contribution in [0.4, 0.5) is 0 Å². The third-order valence-corrected chi connectivity index (χ3v) is 2.68. The summed E-state index contributed by atoms with van der Waals surface area (Å²) in [5.74, 6) is 0. The molecule has 0 radical (unpaired) electrons. The Morgan fingerprint density at radius 3 is 3.00 bits per heavy atom. The second kappa shape index (κ2) is 3.50. The molecule has 0 spiro atoms. The van der Waals surface area contributed by atoms with Crippen molar-refractivity contribution in [3.8, 4) is 11.1 Å². The molecule has 0 saturated carbocycles. The van der Waals surface area contributed by atoms with Gasteiger partial charge in [-0.15, -0.1) is 0 Å². The number of nitrogens with zero attached hydrogens (tertiary/aromatic N) is 2. The van der Waals surface area contributed by atoms with E-state index in [0.717, 1.165) is 11.2 Å². The van der Waals surface area contributed by atoms with Crippen molar-refractivity contribution in [1.82, 2.24) is 14.4 Å². The van der Waals surface area contributed by atoms with Crippen LogP contribution in [0.2, 0.25) is 0 Å². The third kappa shape index (κ3) is 1.40. The summed E-state index contributed by atoms with van der Waals surface area (Å²) in [6, 6.07) is 6.19. The standard InChI is InChI=1S/C12H12N4/c13-5-11-4-12-3-10(7-16(12)8-15-11)9-1-2-14-6-9/h1-4,6-8,14H,5,13H2. The van der Waals surface area contributed by atoms with Gasteiger partial charge in [0.1, 0.15) is 0 Å². The van der Waals surface area contributed by atoms with Crippen molar-refractivity contribution in [3.05, 3.63) is 48.8 Å². The first kappa shape index (κ1) is 9.18. The van der Waals surface area contributed by atoms with E-state index in [-0.39, 0.29) is 0 Å². The number of nitrogens with two attached hydrogens (primary N) is 1. The van der Waals surface area contributed by atoms with Crippen LogP contribution >= 0.6 is 0 Å². The molecular weight excluding hydrogens is 200 g/mol. The molecule has 4 heteroatoms. The van der Waals surface area contributed by atoms with Crippen molar-refractivity contribution in [1.29, 1.82) is 0 Å². The quantitative estimate of drug-likeness (QED) is 0.680. The first-order chi connectivity index (χ1) is 7.86. The molecule has 0 amide bonds. The molecular formula is C12H12N4. The Morgan fingerprint density at radius 2 is 2.25 bits per heavy atom. The Morgan fingerprint density at radius 1 is 1.31 bits per heavy atom. The van der Waals surface area contributed by atoms with Gasteiger partial charge in [0.2, 0.25) is 0 Å². The molecule has 80 valence electrons. The highest BCUT2D eigenvalue weighted by molar-refractivity contribution is 5.69. The lowest BCUT2D eigenvalue weighted by atomic mass is 10.2. The van der Waals surface area contributed by atoms with Crippen molar-refractivity contribution in [2.75, 3.05) is 0 Å². The number of aromatic amines is 1. The minimum Gasteiger partial charge on any atom is -0.367 e. The summed E-state index contributed by atoms with van der Waals surface area (Å²) in [5, 5.41) is 0. The minimum atomic E-state index is 0.473. The monoisotopic (exact) mass is 212 g/mol. The zero-order chi connectivity index (χ0) is 11.0. The predicted octanol–water partition coefficient (Wildman–Crippen LogP) is 1.79. The molecule has 3 heterocycles. The van der Waals surface area contributed by atoms with E-state index in [1.807, 2.05) is 28.9 Å². The van der Waals surface area contributed by atoms with Crippen molar-refractivity contribution in [2.24, 2.45) is 5.73 Å². The van der Waals surface area contributed by atoms with E-state index >= 15 is 0 Å². The fourth-order valence-electron chi connectivity index (χ4n) is 1.83. The highest BCUT2D eigenvalue weighted by Gasteiger charge is 2.03. The van der Waals surface area contributed by atoms with Gasteiger partial charge in [0.25, 0.3) is 0 Å². The Hall–Kier alpha value is -2.07. The largest absolute Gasteiger partial charge is 0.367 e. The number of H-pyrrole nitrogens is 1. The first-order valence-corrected chi connectivity index (χ1v) is 5.17. The van der Waals surface area contributed by atoms with Gasteiger partial charge in [-0.1, -0.05) is 0 Å². The molecule has 3 rings (SSSR count). The Labute approximate surface area is 92.7 Å². The van der Waals surface area contributed by atoms with Gasteiger partial charge in [0.15, 0.2) is 0 Å². The molecule has 3 N–H and O–H groups in total. The molecule has 0 bridgehead atoms. The summed E-state index contributed by atoms with van der Waals surface area (Å²) in [6.07, 6.45) is 7.76. The van der Waals surface area contributed by atoms with Gasteiger partial charge in [0, 0.05) is 41.8 Å². The van der Waals surface area contributed by atoms with Gasteiger partial charge in [-0.05, 0) is 18.2 Å². The van der Waals surface area contributed by atoms with Crippen LogP contribution in [0, 0.1) is 0 Å². The van der Waals surface area contributed by atoms with Gasteiger partial charge in [-0.2, -0.15) is 0 Å². The third-order valence-electron chi connectivity index (χ3n) is 2.68. The summed E-state index contributed by atoms with van der Waals surface area (Å²) >= 11 is 0. The molecule has 0 aromatic carbocycles. The van der Waals surface area contributed by atoms with Crippen LogP contribution in [-0.2, 0) is 6.54 Å². The second-order valence-electron chi connectivity index (χ2n) is 3.74. The summed E-state index contributed by atoms with van der Waals surface area (Å²) in [5.41, 5.74) is 9.95. The summed E-state index contributed by atoms with van der Waals surface area (Å²) < 4.78 is 2.00. The average molecular weight is 212 g/mol. The lowest BCUT2D eigenvalue weighted by molar-refractivity contribution is 0.953. The number of hydrogen-bond acceptors (Lipinski definition) is 2. The number of fused-ring (bicyclic) bond motifs is 1. The SMILES string of the molecule is NCc1cc2cc(-c3cc[nH]c3)cn2cn1. The highest BCUT2D eigenvalue weighted by Crippen LogP contribution is 2.21. The van der Waals surface area contributed by atoms with Crippen molar-refractivity contribution in [3.63, 3.8) is 0 Å². The van der Waals surface area contributed by atoms with E-state index in [1.54, 1.807) is 6.33 Å². The van der Waals surface area contributed by atoms with Gasteiger partial charge >= 0.3 is 0 Å². The maximum absolute atomic E-state index is 5.57. The molecule has 0 fully saturated rings. The van der Waals surface area contributed by atoms with E-state index in [0.29, 0.717) is 6.54 Å². The minimum absolute atomic E-state index is 0.473. The van der Waals surface area contributed by atoms with Crippen LogP contribution in [-0.4, -0.2) is 14.4 Å². The molecule has 0 atom stereocenters. The van der Waals surface area contributed by atoms with Crippen LogP contribution in [0.25, 0.3) is 16.6 Å². The average Bonchev–Trinajstić information content (AvgIpc) is 2.96. The van der Waals surface area contributed by atoms with E-state index in [9.17, 15) is 0 Å². The topological polar surface area (TPSA) is 59.1 Å². The van der Waals surface area contributed by atoms with Crippen molar-refractivity contribution >= 4 is 5.52 Å². The Bertz CT molecular complexity index is 607. The van der Waals surface area contributed by atoms with Gasteiger partial charge < -0.3 is 15.1 Å². The Balaban J connectivity index is 2.16. The molecule has 0 aliphatic carbocycles. The van der Waals surface area contributed by atoms with Crippen molar-refractivity contribution < 1.29 is 0 Å². The lowest BCUT2D eigenvalue weighted by Crippen LogP contribution is -2.00. The first-order valence-electron chi connectivity index (χ1n) is 5.17. The van der Waals surface area contributed by atoms with Crippen molar-refractivity contribution in [2.45, 2.75) is 6.54 Å². The summed E-state index contributed by atoms with van der Waals surface area (Å²) in [7, 11) is 0.